The molecule has 0 radical (unpaired) electrons. The van der Waals surface area contributed by atoms with Gasteiger partial charge in [0, 0.05) is 24.3 Å². The van der Waals surface area contributed by atoms with E-state index in [1.165, 1.54) is 0 Å². The van der Waals surface area contributed by atoms with E-state index in [1.807, 2.05) is 58.9 Å². The number of sulfonamides is 1. The van der Waals surface area contributed by atoms with Crippen LogP contribution in [0, 0.1) is 0 Å². The van der Waals surface area contributed by atoms with Gasteiger partial charge in [-0.2, -0.15) is 0 Å². The molecule has 30 heavy (non-hydrogen) atoms. The van der Waals surface area contributed by atoms with E-state index in [-0.39, 0.29) is 24.1 Å². The van der Waals surface area contributed by atoms with Crippen molar-refractivity contribution in [1.82, 2.24) is 15.4 Å². The number of hydrogen-bond acceptors (Lipinski definition) is 5. The average molecular weight is 442 g/mol. The van der Waals surface area contributed by atoms with Crippen molar-refractivity contribution in [1.29, 1.82) is 0 Å². The van der Waals surface area contributed by atoms with Crippen LogP contribution in [0.5, 0.6) is 5.75 Å². The second-order valence-corrected chi connectivity index (χ2v) is 10.1. The lowest BCUT2D eigenvalue weighted by Crippen LogP contribution is -2.42. The van der Waals surface area contributed by atoms with Gasteiger partial charge < -0.3 is 20.7 Å². The zero-order chi connectivity index (χ0) is 22.8. The Labute approximate surface area is 180 Å². The fourth-order valence-corrected chi connectivity index (χ4v) is 2.84. The van der Waals surface area contributed by atoms with Crippen molar-refractivity contribution < 1.29 is 17.9 Å². The number of anilines is 1. The SMILES string of the molecule is CC(C)Oc1ccc(NC(=NCC(=O)NC(C)(C)C)NCCCNS(C)(=O)=O)cc1. The number of nitrogens with zero attached hydrogens (tertiary/aromatic N) is 1. The molecule has 1 aromatic rings. The molecule has 170 valence electrons. The molecule has 10 heteroatoms. The Bertz CT molecular complexity index is 799. The van der Waals surface area contributed by atoms with Crippen molar-refractivity contribution in [3.8, 4) is 5.75 Å². The molecule has 0 heterocycles. The minimum atomic E-state index is -3.21. The number of nitrogens with one attached hydrogen (secondary N) is 4. The summed E-state index contributed by atoms with van der Waals surface area (Å²) in [5, 5.41) is 9.12. The van der Waals surface area contributed by atoms with E-state index < -0.39 is 10.0 Å². The predicted octanol–water partition coefficient (Wildman–Crippen LogP) is 1.69. The van der Waals surface area contributed by atoms with Crippen LogP contribution in [0.4, 0.5) is 5.69 Å². The monoisotopic (exact) mass is 441 g/mol. The minimum absolute atomic E-state index is 0.0390. The summed E-state index contributed by atoms with van der Waals surface area (Å²) in [6.07, 6.45) is 1.77. The van der Waals surface area contributed by atoms with Crippen LogP contribution in [-0.4, -0.2) is 57.8 Å². The molecular weight excluding hydrogens is 406 g/mol. The lowest BCUT2D eigenvalue weighted by atomic mass is 10.1. The van der Waals surface area contributed by atoms with Gasteiger partial charge in [0.15, 0.2) is 5.96 Å². The molecule has 4 N–H and O–H groups in total. The first kappa shape index (κ1) is 25.7. The second kappa shape index (κ2) is 11.8. The largest absolute Gasteiger partial charge is 0.491 e. The quantitative estimate of drug-likeness (QED) is 0.249. The maximum absolute atomic E-state index is 12.1. The molecule has 9 nitrogen and oxygen atoms in total. The van der Waals surface area contributed by atoms with Crippen LogP contribution in [0.1, 0.15) is 41.0 Å². The smallest absolute Gasteiger partial charge is 0.242 e. The molecule has 1 rings (SSSR count). The number of hydrogen-bond donors (Lipinski definition) is 4. The lowest BCUT2D eigenvalue weighted by Gasteiger charge is -2.20. The fraction of sp³-hybridized carbons (Fsp3) is 0.600. The van der Waals surface area contributed by atoms with E-state index >= 15 is 0 Å². The fourth-order valence-electron chi connectivity index (χ4n) is 2.33. The molecule has 0 aliphatic rings. The van der Waals surface area contributed by atoms with Gasteiger partial charge in [-0.15, -0.1) is 0 Å². The lowest BCUT2D eigenvalue weighted by molar-refractivity contribution is -0.121. The molecule has 0 unspecified atom stereocenters. The van der Waals surface area contributed by atoms with Crippen molar-refractivity contribution in [2.24, 2.45) is 4.99 Å². The number of carbonyl (C=O) groups excluding carboxylic acids is 1. The predicted molar refractivity (Wildman–Crippen MR) is 121 cm³/mol. The van der Waals surface area contributed by atoms with E-state index in [9.17, 15) is 13.2 Å². The van der Waals surface area contributed by atoms with Crippen molar-refractivity contribution in [3.63, 3.8) is 0 Å². The molecular formula is C20H35N5O4S. The van der Waals surface area contributed by atoms with Crippen LogP contribution in [0.25, 0.3) is 0 Å². The highest BCUT2D eigenvalue weighted by Gasteiger charge is 2.13. The highest BCUT2D eigenvalue weighted by atomic mass is 32.2. The molecule has 0 fully saturated rings. The Kier molecular flexibility index (Phi) is 10.1. The first-order valence-electron chi connectivity index (χ1n) is 9.92. The molecule has 0 saturated heterocycles. The molecule has 0 aromatic heterocycles. The van der Waals surface area contributed by atoms with Crippen molar-refractivity contribution in [2.45, 2.75) is 52.7 Å². The molecule has 0 saturated carbocycles. The first-order valence-corrected chi connectivity index (χ1v) is 11.8. The van der Waals surface area contributed by atoms with E-state index in [0.29, 0.717) is 25.5 Å². The van der Waals surface area contributed by atoms with Gasteiger partial charge in [0.05, 0.1) is 12.4 Å². The summed E-state index contributed by atoms with van der Waals surface area (Å²) in [5.74, 6) is 0.998. The van der Waals surface area contributed by atoms with Gasteiger partial charge in [-0.25, -0.2) is 18.1 Å². The van der Waals surface area contributed by atoms with Crippen LogP contribution in [0.3, 0.4) is 0 Å². The third kappa shape index (κ3) is 13.0. The molecule has 0 spiro atoms. The van der Waals surface area contributed by atoms with Crippen molar-refractivity contribution in [2.75, 3.05) is 31.2 Å². The Morgan fingerprint density at radius 1 is 1.13 bits per heavy atom. The molecule has 0 bridgehead atoms. The highest BCUT2D eigenvalue weighted by Crippen LogP contribution is 2.16. The summed E-state index contributed by atoms with van der Waals surface area (Å²) >= 11 is 0. The van der Waals surface area contributed by atoms with E-state index in [2.05, 4.69) is 25.7 Å². The topological polar surface area (TPSA) is 121 Å². The van der Waals surface area contributed by atoms with Crippen molar-refractivity contribution >= 4 is 27.6 Å². The number of ether oxygens (including phenoxy) is 1. The molecule has 0 aliphatic carbocycles. The van der Waals surface area contributed by atoms with Crippen LogP contribution in [0.2, 0.25) is 0 Å². The van der Waals surface area contributed by atoms with E-state index in [4.69, 9.17) is 4.74 Å². The van der Waals surface area contributed by atoms with E-state index in [0.717, 1.165) is 17.7 Å². The maximum atomic E-state index is 12.1. The summed E-state index contributed by atoms with van der Waals surface area (Å²) in [6, 6.07) is 7.41. The highest BCUT2D eigenvalue weighted by molar-refractivity contribution is 7.88. The summed E-state index contributed by atoms with van der Waals surface area (Å²) in [4.78, 5) is 16.4. The van der Waals surface area contributed by atoms with Gasteiger partial charge in [-0.3, -0.25) is 4.79 Å². The van der Waals surface area contributed by atoms with Gasteiger partial charge in [-0.05, 0) is 65.3 Å². The van der Waals surface area contributed by atoms with Gasteiger partial charge in [0.1, 0.15) is 12.3 Å². The number of benzene rings is 1. The Balaban J connectivity index is 2.73. The van der Waals surface area contributed by atoms with Crippen LogP contribution in [-0.2, 0) is 14.8 Å². The summed E-state index contributed by atoms with van der Waals surface area (Å²) in [6.45, 7) is 10.4. The van der Waals surface area contributed by atoms with E-state index in [1.54, 1.807) is 0 Å². The van der Waals surface area contributed by atoms with Gasteiger partial charge >= 0.3 is 0 Å². The summed E-state index contributed by atoms with van der Waals surface area (Å²) < 4.78 is 30.3. The third-order valence-corrected chi connectivity index (χ3v) is 4.12. The summed E-state index contributed by atoms with van der Waals surface area (Å²) in [5.41, 5.74) is 0.444. The van der Waals surface area contributed by atoms with Crippen LogP contribution in [0.15, 0.2) is 29.3 Å². The molecule has 0 atom stereocenters. The summed E-state index contributed by atoms with van der Waals surface area (Å²) in [7, 11) is -3.21. The molecule has 0 aliphatic heterocycles. The Morgan fingerprint density at radius 3 is 2.30 bits per heavy atom. The molecule has 1 aromatic carbocycles. The number of carbonyl (C=O) groups is 1. The number of aliphatic imine (C=N–C) groups is 1. The number of rotatable bonds is 10. The van der Waals surface area contributed by atoms with Gasteiger partial charge in [0.25, 0.3) is 0 Å². The zero-order valence-corrected chi connectivity index (χ0v) is 19.5. The minimum Gasteiger partial charge on any atom is -0.491 e. The Morgan fingerprint density at radius 2 is 1.77 bits per heavy atom. The standard InChI is InChI=1S/C20H35N5O4S/c1-15(2)29-17-10-8-16(9-11-17)24-19(21-12-7-13-23-30(6,27)28)22-14-18(26)25-20(3,4)5/h8-11,15,23H,7,12-14H2,1-6H3,(H,25,26)(H2,21,22,24). The zero-order valence-electron chi connectivity index (χ0n) is 18.7. The Hall–Kier alpha value is -2.33. The normalized spacial score (nSPS) is 12.6. The second-order valence-electron chi connectivity index (χ2n) is 8.23. The number of guanidine groups is 1. The first-order chi connectivity index (χ1) is 13.8. The van der Waals surface area contributed by atoms with Gasteiger partial charge in [-0.1, -0.05) is 0 Å². The van der Waals surface area contributed by atoms with Crippen LogP contribution < -0.4 is 25.4 Å². The van der Waals surface area contributed by atoms with Crippen molar-refractivity contribution in [3.05, 3.63) is 24.3 Å². The average Bonchev–Trinajstić information content (AvgIpc) is 2.57. The number of amides is 1. The maximum Gasteiger partial charge on any atom is 0.242 e. The third-order valence-electron chi connectivity index (χ3n) is 3.39. The van der Waals surface area contributed by atoms with Gasteiger partial charge in [0.2, 0.25) is 15.9 Å². The molecule has 1 amide bonds. The van der Waals surface area contributed by atoms with Crippen LogP contribution >= 0.6 is 0 Å².